The van der Waals surface area contributed by atoms with Crippen molar-refractivity contribution < 1.29 is 9.90 Å². The molecule has 0 spiro atoms. The Balaban J connectivity index is 1.59. The molecule has 1 fully saturated rings. The number of hydrogen-bond donors (Lipinski definition) is 3. The van der Waals surface area contributed by atoms with E-state index in [1.165, 1.54) is 10.9 Å². The molecule has 1 heterocycles. The van der Waals surface area contributed by atoms with Crippen LogP contribution in [0.25, 0.3) is 10.9 Å². The van der Waals surface area contributed by atoms with Gasteiger partial charge in [0.25, 0.3) is 0 Å². The topological polar surface area (TPSA) is 65.1 Å². The predicted molar refractivity (Wildman–Crippen MR) is 73.8 cm³/mol. The molecule has 4 heteroatoms. The minimum Gasteiger partial charge on any atom is -0.395 e. The van der Waals surface area contributed by atoms with Crippen molar-refractivity contribution >= 4 is 16.8 Å². The summed E-state index contributed by atoms with van der Waals surface area (Å²) in [5.41, 5.74) is 1.86. The van der Waals surface area contributed by atoms with Gasteiger partial charge in [-0.3, -0.25) is 4.79 Å². The highest BCUT2D eigenvalue weighted by molar-refractivity contribution is 5.86. The van der Waals surface area contributed by atoms with Gasteiger partial charge in [-0.15, -0.1) is 0 Å². The number of amides is 1. The van der Waals surface area contributed by atoms with Crippen LogP contribution in [0.1, 0.15) is 18.4 Å². The van der Waals surface area contributed by atoms with Gasteiger partial charge in [-0.25, -0.2) is 0 Å². The number of aromatic nitrogens is 1. The molecular weight excluding hydrogens is 240 g/mol. The number of nitrogens with one attached hydrogen (secondary N) is 2. The molecule has 0 bridgehead atoms. The number of aliphatic hydroxyl groups is 1. The van der Waals surface area contributed by atoms with E-state index in [0.717, 1.165) is 24.8 Å². The van der Waals surface area contributed by atoms with Crippen molar-refractivity contribution in [3.63, 3.8) is 0 Å². The van der Waals surface area contributed by atoms with Crippen LogP contribution in [0.2, 0.25) is 0 Å². The Hall–Kier alpha value is -1.81. The molecule has 0 unspecified atom stereocenters. The lowest BCUT2D eigenvalue weighted by molar-refractivity contribution is -0.127. The van der Waals surface area contributed by atoms with Gasteiger partial charge in [-0.1, -0.05) is 18.2 Å². The lowest BCUT2D eigenvalue weighted by atomic mass is 10.1. The lowest BCUT2D eigenvalue weighted by Gasteiger charge is -2.11. The van der Waals surface area contributed by atoms with Crippen LogP contribution in [0, 0.1) is 5.41 Å². The van der Waals surface area contributed by atoms with E-state index in [4.69, 9.17) is 0 Å². The Morgan fingerprint density at radius 2 is 2.16 bits per heavy atom. The summed E-state index contributed by atoms with van der Waals surface area (Å²) in [6, 6.07) is 8.15. The summed E-state index contributed by atoms with van der Waals surface area (Å²) in [7, 11) is 0. The first-order valence-electron chi connectivity index (χ1n) is 6.69. The van der Waals surface area contributed by atoms with Crippen LogP contribution in [0.5, 0.6) is 0 Å². The summed E-state index contributed by atoms with van der Waals surface area (Å²) >= 11 is 0. The van der Waals surface area contributed by atoms with Crippen molar-refractivity contribution in [3.8, 4) is 0 Å². The van der Waals surface area contributed by atoms with Gasteiger partial charge in [0, 0.05) is 23.6 Å². The Bertz CT molecular complexity index is 599. The molecule has 0 aliphatic heterocycles. The standard InChI is InChI=1S/C15H18N2O2/c18-10-15(6-7-15)14(19)16-8-5-11-9-17-13-4-2-1-3-12(11)13/h1-4,9,17-18H,5-8,10H2,(H,16,19). The van der Waals surface area contributed by atoms with Crippen molar-refractivity contribution in [3.05, 3.63) is 36.0 Å². The monoisotopic (exact) mass is 258 g/mol. The third-order valence-electron chi connectivity index (χ3n) is 3.99. The van der Waals surface area contributed by atoms with Crippen molar-refractivity contribution in [2.24, 2.45) is 5.41 Å². The van der Waals surface area contributed by atoms with Crippen molar-refractivity contribution in [1.82, 2.24) is 10.3 Å². The predicted octanol–water partition coefficient (Wildman–Crippen LogP) is 1.60. The van der Waals surface area contributed by atoms with Gasteiger partial charge in [-0.05, 0) is 30.9 Å². The van der Waals surface area contributed by atoms with Crippen LogP contribution in [0.3, 0.4) is 0 Å². The largest absolute Gasteiger partial charge is 0.395 e. The van der Waals surface area contributed by atoms with Gasteiger partial charge in [0.2, 0.25) is 5.91 Å². The summed E-state index contributed by atoms with van der Waals surface area (Å²) in [5, 5.41) is 13.3. The maximum Gasteiger partial charge on any atom is 0.228 e. The molecule has 3 rings (SSSR count). The van der Waals surface area contributed by atoms with Gasteiger partial charge in [0.1, 0.15) is 0 Å². The van der Waals surface area contributed by atoms with Gasteiger partial charge in [0.05, 0.1) is 12.0 Å². The molecule has 1 aromatic heterocycles. The van der Waals surface area contributed by atoms with Gasteiger partial charge < -0.3 is 15.4 Å². The maximum absolute atomic E-state index is 11.9. The molecule has 1 amide bonds. The van der Waals surface area contributed by atoms with Crippen LogP contribution < -0.4 is 5.32 Å². The number of aliphatic hydroxyl groups excluding tert-OH is 1. The van der Waals surface area contributed by atoms with E-state index in [9.17, 15) is 9.90 Å². The second-order valence-corrected chi connectivity index (χ2v) is 5.30. The highest BCUT2D eigenvalue weighted by Crippen LogP contribution is 2.45. The first kappa shape index (κ1) is 12.2. The second-order valence-electron chi connectivity index (χ2n) is 5.30. The second kappa shape index (κ2) is 4.70. The smallest absolute Gasteiger partial charge is 0.228 e. The molecule has 1 aliphatic carbocycles. The van der Waals surface area contributed by atoms with E-state index in [2.05, 4.69) is 16.4 Å². The summed E-state index contributed by atoms with van der Waals surface area (Å²) in [5.74, 6) is -0.00478. The summed E-state index contributed by atoms with van der Waals surface area (Å²) in [6.07, 6.45) is 4.41. The van der Waals surface area contributed by atoms with E-state index < -0.39 is 5.41 Å². The van der Waals surface area contributed by atoms with Crippen LogP contribution in [-0.2, 0) is 11.2 Å². The molecule has 0 radical (unpaired) electrons. The van der Waals surface area contributed by atoms with E-state index >= 15 is 0 Å². The normalized spacial score (nSPS) is 16.5. The zero-order valence-corrected chi connectivity index (χ0v) is 10.8. The molecule has 19 heavy (non-hydrogen) atoms. The van der Waals surface area contributed by atoms with Crippen LogP contribution in [-0.4, -0.2) is 29.1 Å². The Morgan fingerprint density at radius 1 is 1.37 bits per heavy atom. The highest BCUT2D eigenvalue weighted by atomic mass is 16.3. The fourth-order valence-corrected chi connectivity index (χ4v) is 2.44. The number of hydrogen-bond acceptors (Lipinski definition) is 2. The minimum absolute atomic E-state index is 0.00478. The number of carbonyl (C=O) groups is 1. The average Bonchev–Trinajstić information content (AvgIpc) is 3.15. The van der Waals surface area contributed by atoms with Crippen molar-refractivity contribution in [1.29, 1.82) is 0 Å². The van der Waals surface area contributed by atoms with Gasteiger partial charge in [0.15, 0.2) is 0 Å². The number of H-pyrrole nitrogens is 1. The fraction of sp³-hybridized carbons (Fsp3) is 0.400. The first-order chi connectivity index (χ1) is 9.25. The molecule has 100 valence electrons. The quantitative estimate of drug-likeness (QED) is 0.762. The van der Waals surface area contributed by atoms with E-state index in [1.54, 1.807) is 0 Å². The van der Waals surface area contributed by atoms with E-state index in [0.29, 0.717) is 6.54 Å². The summed E-state index contributed by atoms with van der Waals surface area (Å²) in [4.78, 5) is 15.1. The zero-order chi connectivity index (χ0) is 13.3. The number of benzene rings is 1. The number of fused-ring (bicyclic) bond motifs is 1. The lowest BCUT2D eigenvalue weighted by Crippen LogP contribution is -2.35. The minimum atomic E-state index is -0.472. The number of rotatable bonds is 5. The Kier molecular flexibility index (Phi) is 3.03. The molecule has 1 aromatic carbocycles. The Morgan fingerprint density at radius 3 is 2.89 bits per heavy atom. The molecule has 2 aromatic rings. The van der Waals surface area contributed by atoms with Gasteiger partial charge >= 0.3 is 0 Å². The Labute approximate surface area is 111 Å². The van der Waals surface area contributed by atoms with Crippen molar-refractivity contribution in [2.75, 3.05) is 13.2 Å². The molecular formula is C15H18N2O2. The first-order valence-corrected chi connectivity index (χ1v) is 6.69. The molecule has 0 saturated heterocycles. The van der Waals surface area contributed by atoms with Crippen LogP contribution in [0.4, 0.5) is 0 Å². The zero-order valence-electron chi connectivity index (χ0n) is 10.8. The van der Waals surface area contributed by atoms with E-state index in [1.807, 2.05) is 24.4 Å². The van der Waals surface area contributed by atoms with E-state index in [-0.39, 0.29) is 12.5 Å². The van der Waals surface area contributed by atoms with Crippen LogP contribution >= 0.6 is 0 Å². The molecule has 4 nitrogen and oxygen atoms in total. The maximum atomic E-state index is 11.9. The SMILES string of the molecule is O=C(NCCc1c[nH]c2ccccc12)C1(CO)CC1. The average molecular weight is 258 g/mol. The summed E-state index contributed by atoms with van der Waals surface area (Å²) in [6.45, 7) is 0.578. The summed E-state index contributed by atoms with van der Waals surface area (Å²) < 4.78 is 0. The van der Waals surface area contributed by atoms with Gasteiger partial charge in [-0.2, -0.15) is 0 Å². The highest BCUT2D eigenvalue weighted by Gasteiger charge is 2.49. The molecule has 1 saturated carbocycles. The molecule has 0 atom stereocenters. The third-order valence-corrected chi connectivity index (χ3v) is 3.99. The number of carbonyl (C=O) groups excluding carboxylic acids is 1. The fourth-order valence-electron chi connectivity index (χ4n) is 2.44. The van der Waals surface area contributed by atoms with Crippen LogP contribution in [0.15, 0.2) is 30.5 Å². The third kappa shape index (κ3) is 2.24. The molecule has 3 N–H and O–H groups in total. The van der Waals surface area contributed by atoms with Crippen molar-refractivity contribution in [2.45, 2.75) is 19.3 Å². The number of para-hydroxylation sites is 1. The molecule has 1 aliphatic rings. The number of aromatic amines is 1.